The fourth-order valence-electron chi connectivity index (χ4n) is 4.88. The van der Waals surface area contributed by atoms with Gasteiger partial charge in [0, 0.05) is 50.5 Å². The molecule has 0 bridgehead atoms. The molecule has 0 aromatic heterocycles. The summed E-state index contributed by atoms with van der Waals surface area (Å²) in [4.78, 5) is 17.4. The van der Waals surface area contributed by atoms with Gasteiger partial charge in [-0.3, -0.25) is 4.79 Å². The van der Waals surface area contributed by atoms with Gasteiger partial charge in [-0.2, -0.15) is 4.31 Å². The van der Waals surface area contributed by atoms with Crippen LogP contribution in [-0.2, 0) is 10.0 Å². The van der Waals surface area contributed by atoms with Gasteiger partial charge in [-0.05, 0) is 60.7 Å². The molecule has 2 saturated heterocycles. The molecule has 4 rings (SSSR count). The summed E-state index contributed by atoms with van der Waals surface area (Å²) >= 11 is 0. The van der Waals surface area contributed by atoms with Crippen LogP contribution in [0.1, 0.15) is 30.6 Å². The fraction of sp³-hybridized carbons (Fsp3) is 0.480. The largest absolute Gasteiger partial charge is 0.497 e. The number of benzene rings is 2. The van der Waals surface area contributed by atoms with Crippen molar-refractivity contribution < 1.29 is 17.9 Å². The van der Waals surface area contributed by atoms with Gasteiger partial charge in [0.05, 0.1) is 12.0 Å². The molecule has 2 unspecified atom stereocenters. The average Bonchev–Trinajstić information content (AvgIpc) is 2.83. The zero-order valence-electron chi connectivity index (χ0n) is 19.6. The van der Waals surface area contributed by atoms with Crippen molar-refractivity contribution in [2.24, 2.45) is 11.8 Å². The quantitative estimate of drug-likeness (QED) is 0.669. The highest BCUT2D eigenvalue weighted by molar-refractivity contribution is 7.89. The van der Waals surface area contributed by atoms with E-state index in [-0.39, 0.29) is 10.8 Å². The molecule has 0 N–H and O–H groups in total. The molecule has 2 fully saturated rings. The second-order valence-corrected chi connectivity index (χ2v) is 11.2. The lowest BCUT2D eigenvalue weighted by Gasteiger charge is -2.36. The first-order valence-electron chi connectivity index (χ1n) is 11.6. The number of nitrogens with zero attached hydrogens (tertiary/aromatic N) is 3. The monoisotopic (exact) mass is 471 g/mol. The maximum Gasteiger partial charge on any atom is 0.254 e. The summed E-state index contributed by atoms with van der Waals surface area (Å²) in [5.41, 5.74) is 1.52. The van der Waals surface area contributed by atoms with Crippen molar-refractivity contribution in [3.05, 3.63) is 54.1 Å². The number of carbonyl (C=O) groups excluding carboxylic acids is 1. The van der Waals surface area contributed by atoms with Crippen molar-refractivity contribution in [1.29, 1.82) is 0 Å². The lowest BCUT2D eigenvalue weighted by Crippen LogP contribution is -2.48. The van der Waals surface area contributed by atoms with Gasteiger partial charge in [0.15, 0.2) is 0 Å². The molecule has 2 aliphatic rings. The Kier molecular flexibility index (Phi) is 6.95. The van der Waals surface area contributed by atoms with E-state index < -0.39 is 10.0 Å². The van der Waals surface area contributed by atoms with Crippen LogP contribution in [0.4, 0.5) is 5.69 Å². The summed E-state index contributed by atoms with van der Waals surface area (Å²) < 4.78 is 33.3. The van der Waals surface area contributed by atoms with E-state index in [0.29, 0.717) is 43.6 Å². The van der Waals surface area contributed by atoms with E-state index in [0.717, 1.165) is 30.9 Å². The standard InChI is InChI=1S/C25H33N3O4S/c1-19-15-20(2)18-28(17-19)33(30,31)24-6-4-5-21(16-24)25(29)27-13-11-26(12-14-27)22-7-9-23(32-3)10-8-22/h4-10,16,19-20H,11-15,17-18H2,1-3H3. The van der Waals surface area contributed by atoms with Crippen LogP contribution in [0.5, 0.6) is 5.75 Å². The van der Waals surface area contributed by atoms with E-state index in [9.17, 15) is 13.2 Å². The van der Waals surface area contributed by atoms with Crippen molar-refractivity contribution in [3.8, 4) is 5.75 Å². The SMILES string of the molecule is COc1ccc(N2CCN(C(=O)c3cccc(S(=O)(=O)N4CC(C)CC(C)C4)c3)CC2)cc1. The van der Waals surface area contributed by atoms with Crippen LogP contribution in [0, 0.1) is 11.8 Å². The second-order valence-electron chi connectivity index (χ2n) is 9.27. The Balaban J connectivity index is 1.43. The third kappa shape index (κ3) is 5.17. The molecule has 0 radical (unpaired) electrons. The van der Waals surface area contributed by atoms with Crippen molar-refractivity contribution >= 4 is 21.6 Å². The lowest BCUT2D eigenvalue weighted by molar-refractivity contribution is 0.0746. The molecule has 33 heavy (non-hydrogen) atoms. The van der Waals surface area contributed by atoms with E-state index in [4.69, 9.17) is 4.74 Å². The van der Waals surface area contributed by atoms with Crippen LogP contribution in [0.2, 0.25) is 0 Å². The smallest absolute Gasteiger partial charge is 0.254 e. The van der Waals surface area contributed by atoms with E-state index in [1.807, 2.05) is 24.3 Å². The molecule has 1 amide bonds. The average molecular weight is 472 g/mol. The molecular formula is C25H33N3O4S. The highest BCUT2D eigenvalue weighted by Crippen LogP contribution is 2.27. The minimum Gasteiger partial charge on any atom is -0.497 e. The Bertz CT molecular complexity index is 1070. The molecule has 2 aliphatic heterocycles. The number of sulfonamides is 1. The summed E-state index contributed by atoms with van der Waals surface area (Å²) in [6, 6.07) is 14.4. The van der Waals surface area contributed by atoms with Gasteiger partial charge in [-0.1, -0.05) is 19.9 Å². The Hall–Kier alpha value is -2.58. The van der Waals surface area contributed by atoms with Crippen molar-refractivity contribution in [1.82, 2.24) is 9.21 Å². The first-order chi connectivity index (χ1) is 15.8. The zero-order valence-corrected chi connectivity index (χ0v) is 20.4. The van der Waals surface area contributed by atoms with Crippen molar-refractivity contribution in [2.75, 3.05) is 51.3 Å². The minimum atomic E-state index is -3.62. The second kappa shape index (κ2) is 9.73. The molecule has 8 heteroatoms. The molecule has 2 heterocycles. The van der Waals surface area contributed by atoms with E-state index in [1.54, 1.807) is 34.5 Å². The highest BCUT2D eigenvalue weighted by Gasteiger charge is 2.32. The first kappa shape index (κ1) is 23.6. The Morgan fingerprint density at radius 1 is 0.939 bits per heavy atom. The molecule has 2 atom stereocenters. The highest BCUT2D eigenvalue weighted by atomic mass is 32.2. The predicted octanol–water partition coefficient (Wildman–Crippen LogP) is 3.32. The van der Waals surface area contributed by atoms with Crippen molar-refractivity contribution in [3.63, 3.8) is 0 Å². The number of hydrogen-bond acceptors (Lipinski definition) is 5. The zero-order chi connectivity index (χ0) is 23.6. The molecule has 178 valence electrons. The van der Waals surface area contributed by atoms with Gasteiger partial charge in [0.1, 0.15) is 5.75 Å². The van der Waals surface area contributed by atoms with E-state index in [2.05, 4.69) is 18.7 Å². The number of rotatable bonds is 5. The minimum absolute atomic E-state index is 0.123. The van der Waals surface area contributed by atoms with E-state index >= 15 is 0 Å². The van der Waals surface area contributed by atoms with Gasteiger partial charge in [0.2, 0.25) is 10.0 Å². The summed E-state index contributed by atoms with van der Waals surface area (Å²) in [6.45, 7) is 7.84. The molecule has 7 nitrogen and oxygen atoms in total. The van der Waals surface area contributed by atoms with Gasteiger partial charge in [-0.15, -0.1) is 0 Å². The maximum atomic E-state index is 13.3. The maximum absolute atomic E-state index is 13.3. The number of carbonyl (C=O) groups is 1. The van der Waals surface area contributed by atoms with Crippen LogP contribution in [0.25, 0.3) is 0 Å². The number of amides is 1. The van der Waals surface area contributed by atoms with Crippen molar-refractivity contribution in [2.45, 2.75) is 25.2 Å². The molecular weight excluding hydrogens is 438 g/mol. The first-order valence-corrected chi connectivity index (χ1v) is 13.0. The number of ether oxygens (including phenoxy) is 1. The number of piperazine rings is 1. The van der Waals surface area contributed by atoms with Crippen LogP contribution in [-0.4, -0.2) is 69.9 Å². The Morgan fingerprint density at radius 3 is 2.18 bits per heavy atom. The molecule has 0 saturated carbocycles. The topological polar surface area (TPSA) is 70.2 Å². The lowest BCUT2D eigenvalue weighted by atomic mass is 9.94. The van der Waals surface area contributed by atoms with Gasteiger partial charge >= 0.3 is 0 Å². The summed E-state index contributed by atoms with van der Waals surface area (Å²) in [5, 5.41) is 0. The Labute approximate surface area is 197 Å². The predicted molar refractivity (Wildman–Crippen MR) is 129 cm³/mol. The summed E-state index contributed by atoms with van der Waals surface area (Å²) in [7, 11) is -1.98. The number of methoxy groups -OCH3 is 1. The molecule has 0 aliphatic carbocycles. The normalized spacial score (nSPS) is 22.3. The van der Waals surface area contributed by atoms with Crippen LogP contribution in [0.3, 0.4) is 0 Å². The number of hydrogen-bond donors (Lipinski definition) is 0. The third-order valence-electron chi connectivity index (χ3n) is 6.56. The van der Waals surface area contributed by atoms with E-state index in [1.165, 1.54) is 6.07 Å². The number of anilines is 1. The molecule has 0 spiro atoms. The van der Waals surface area contributed by atoms with Gasteiger partial charge in [0.25, 0.3) is 5.91 Å². The molecule has 2 aromatic rings. The summed E-state index contributed by atoms with van der Waals surface area (Å²) in [6.07, 6.45) is 1.03. The Morgan fingerprint density at radius 2 is 1.58 bits per heavy atom. The van der Waals surface area contributed by atoms with Gasteiger partial charge in [-0.25, -0.2) is 8.42 Å². The van der Waals surface area contributed by atoms with Crippen LogP contribution < -0.4 is 9.64 Å². The van der Waals surface area contributed by atoms with Crippen LogP contribution >= 0.6 is 0 Å². The van der Waals surface area contributed by atoms with Crippen LogP contribution in [0.15, 0.2) is 53.4 Å². The molecule has 2 aromatic carbocycles. The third-order valence-corrected chi connectivity index (χ3v) is 8.39. The van der Waals surface area contributed by atoms with Gasteiger partial charge < -0.3 is 14.5 Å². The fourth-order valence-corrected chi connectivity index (χ4v) is 6.61. The number of piperidine rings is 1. The summed E-state index contributed by atoms with van der Waals surface area (Å²) in [5.74, 6) is 1.35.